The molecule has 0 saturated heterocycles. The van der Waals surface area contributed by atoms with Crippen molar-refractivity contribution in [2.24, 2.45) is 5.92 Å². The normalized spacial score (nSPS) is 14.1. The maximum atomic E-state index is 13.7. The standard InChI is InChI=1S/C12H7F7O2/c13-8(9(11(14,15)16)12(17,18)19)7(10(20)21)6-4-2-1-3-5-6/h1-5,9H,(H,20,21). The lowest BCUT2D eigenvalue weighted by molar-refractivity contribution is -0.275. The first-order valence-corrected chi connectivity index (χ1v) is 5.28. The van der Waals surface area contributed by atoms with Crippen molar-refractivity contribution in [1.29, 1.82) is 0 Å². The van der Waals surface area contributed by atoms with Crippen LogP contribution < -0.4 is 0 Å². The second kappa shape index (κ2) is 5.74. The molecule has 0 fully saturated rings. The Hall–Kier alpha value is -2.06. The van der Waals surface area contributed by atoms with Crippen LogP contribution in [0.5, 0.6) is 0 Å². The number of carboxylic acid groups (broad SMARTS) is 1. The first-order chi connectivity index (χ1) is 9.46. The van der Waals surface area contributed by atoms with Gasteiger partial charge in [-0.25, -0.2) is 9.18 Å². The zero-order valence-electron chi connectivity index (χ0n) is 9.97. The van der Waals surface area contributed by atoms with E-state index < -0.39 is 41.2 Å². The maximum absolute atomic E-state index is 13.7. The topological polar surface area (TPSA) is 37.3 Å². The van der Waals surface area contributed by atoms with Gasteiger partial charge < -0.3 is 5.11 Å². The zero-order chi connectivity index (χ0) is 16.4. The minimum absolute atomic E-state index is 0.596. The summed E-state index contributed by atoms with van der Waals surface area (Å²) < 4.78 is 88.2. The van der Waals surface area contributed by atoms with Crippen molar-refractivity contribution in [2.75, 3.05) is 0 Å². The highest BCUT2D eigenvalue weighted by atomic mass is 19.4. The summed E-state index contributed by atoms with van der Waals surface area (Å²) in [5.41, 5.74) is -2.27. The summed E-state index contributed by atoms with van der Waals surface area (Å²) in [4.78, 5) is 10.9. The Morgan fingerprint density at radius 2 is 1.38 bits per heavy atom. The molecule has 0 radical (unpaired) electrons. The van der Waals surface area contributed by atoms with E-state index in [9.17, 15) is 35.5 Å². The van der Waals surface area contributed by atoms with Gasteiger partial charge in [-0.15, -0.1) is 0 Å². The summed E-state index contributed by atoms with van der Waals surface area (Å²) in [6.07, 6.45) is -12.0. The second-order valence-electron chi connectivity index (χ2n) is 3.91. The molecule has 0 aliphatic heterocycles. The van der Waals surface area contributed by atoms with Gasteiger partial charge in [0.25, 0.3) is 0 Å². The molecule has 21 heavy (non-hydrogen) atoms. The molecule has 0 saturated carbocycles. The molecule has 0 spiro atoms. The van der Waals surface area contributed by atoms with Crippen molar-refractivity contribution in [3.8, 4) is 0 Å². The summed E-state index contributed by atoms with van der Waals surface area (Å²) >= 11 is 0. The average Bonchev–Trinajstić information content (AvgIpc) is 2.25. The Balaban J connectivity index is 3.56. The third-order valence-corrected chi connectivity index (χ3v) is 2.42. The van der Waals surface area contributed by atoms with Crippen molar-refractivity contribution in [3.05, 3.63) is 41.7 Å². The molecular formula is C12H7F7O2. The number of allylic oxidation sites excluding steroid dienone is 1. The van der Waals surface area contributed by atoms with Crippen LogP contribution in [0.2, 0.25) is 0 Å². The van der Waals surface area contributed by atoms with Crippen LogP contribution in [0.1, 0.15) is 5.56 Å². The average molecular weight is 316 g/mol. The highest BCUT2D eigenvalue weighted by Crippen LogP contribution is 2.46. The van der Waals surface area contributed by atoms with Gasteiger partial charge in [0.05, 0.1) is 5.57 Å². The number of benzene rings is 1. The largest absolute Gasteiger partial charge is 0.478 e. The van der Waals surface area contributed by atoms with Crippen LogP contribution in [0.15, 0.2) is 36.2 Å². The number of hydrogen-bond acceptors (Lipinski definition) is 1. The van der Waals surface area contributed by atoms with Gasteiger partial charge in [0.2, 0.25) is 5.92 Å². The molecule has 0 atom stereocenters. The first-order valence-electron chi connectivity index (χ1n) is 5.28. The van der Waals surface area contributed by atoms with Gasteiger partial charge >= 0.3 is 18.3 Å². The van der Waals surface area contributed by atoms with Crippen LogP contribution in [-0.2, 0) is 4.79 Å². The van der Waals surface area contributed by atoms with Gasteiger partial charge in [-0.1, -0.05) is 30.3 Å². The predicted octanol–water partition coefficient (Wildman–Crippen LogP) is 4.19. The van der Waals surface area contributed by atoms with Crippen LogP contribution >= 0.6 is 0 Å². The minimum Gasteiger partial charge on any atom is -0.478 e. The lowest BCUT2D eigenvalue weighted by atomic mass is 9.97. The molecule has 116 valence electrons. The van der Waals surface area contributed by atoms with E-state index in [1.54, 1.807) is 0 Å². The molecule has 1 N–H and O–H groups in total. The number of carboxylic acids is 1. The van der Waals surface area contributed by atoms with Gasteiger partial charge in [-0.05, 0) is 5.56 Å². The van der Waals surface area contributed by atoms with Crippen LogP contribution in [0, 0.1) is 5.92 Å². The van der Waals surface area contributed by atoms with Crippen molar-refractivity contribution < 1.29 is 40.6 Å². The first kappa shape index (κ1) is 17.0. The third kappa shape index (κ3) is 3.96. The number of hydrogen-bond donors (Lipinski definition) is 1. The molecule has 1 rings (SSSR count). The van der Waals surface area contributed by atoms with E-state index in [1.807, 2.05) is 0 Å². The summed E-state index contributed by atoms with van der Waals surface area (Å²) in [6, 6.07) is 5.44. The minimum atomic E-state index is -6.00. The van der Waals surface area contributed by atoms with E-state index in [0.717, 1.165) is 24.3 Å². The molecule has 2 nitrogen and oxygen atoms in total. The highest BCUT2D eigenvalue weighted by Gasteiger charge is 2.60. The predicted molar refractivity (Wildman–Crippen MR) is 57.7 cm³/mol. The van der Waals surface area contributed by atoms with Gasteiger partial charge in [-0.2, -0.15) is 26.3 Å². The van der Waals surface area contributed by atoms with E-state index in [0.29, 0.717) is 0 Å². The van der Waals surface area contributed by atoms with Crippen LogP contribution in [0.3, 0.4) is 0 Å². The number of halogens is 7. The lowest BCUT2D eigenvalue weighted by Gasteiger charge is -2.22. The fraction of sp³-hybridized carbons (Fsp3) is 0.250. The SMILES string of the molecule is O=C(O)C(=C(F)C(C(F)(F)F)C(F)(F)F)c1ccccc1. The Bertz CT molecular complexity index is 529. The second-order valence-corrected chi connectivity index (χ2v) is 3.91. The van der Waals surface area contributed by atoms with Crippen molar-refractivity contribution in [1.82, 2.24) is 0 Å². The van der Waals surface area contributed by atoms with Crippen molar-refractivity contribution in [2.45, 2.75) is 12.4 Å². The molecule has 0 amide bonds. The molecule has 0 aliphatic rings. The van der Waals surface area contributed by atoms with Gasteiger partial charge in [-0.3, -0.25) is 0 Å². The lowest BCUT2D eigenvalue weighted by Crippen LogP contribution is -2.37. The summed E-state index contributed by atoms with van der Waals surface area (Å²) in [5.74, 6) is -9.51. The van der Waals surface area contributed by atoms with Gasteiger partial charge in [0.1, 0.15) is 5.83 Å². The van der Waals surface area contributed by atoms with E-state index in [1.165, 1.54) is 6.07 Å². The number of rotatable bonds is 3. The zero-order valence-corrected chi connectivity index (χ0v) is 9.97. The van der Waals surface area contributed by atoms with Crippen molar-refractivity contribution >= 4 is 11.5 Å². The van der Waals surface area contributed by atoms with E-state index in [-0.39, 0.29) is 0 Å². The van der Waals surface area contributed by atoms with Gasteiger partial charge in [0.15, 0.2) is 0 Å². The Labute approximate surface area is 113 Å². The molecule has 0 heterocycles. The fourth-order valence-electron chi connectivity index (χ4n) is 1.59. The summed E-state index contributed by atoms with van der Waals surface area (Å²) in [5, 5.41) is 8.74. The van der Waals surface area contributed by atoms with Crippen LogP contribution in [0.4, 0.5) is 30.7 Å². The Kier molecular flexibility index (Phi) is 4.65. The van der Waals surface area contributed by atoms with E-state index in [4.69, 9.17) is 5.11 Å². The highest BCUT2D eigenvalue weighted by molar-refractivity contribution is 6.16. The number of aliphatic carboxylic acids is 1. The monoisotopic (exact) mass is 316 g/mol. The number of carbonyl (C=O) groups is 1. The van der Waals surface area contributed by atoms with Gasteiger partial charge in [0, 0.05) is 0 Å². The smallest absolute Gasteiger partial charge is 0.406 e. The number of alkyl halides is 6. The quantitative estimate of drug-likeness (QED) is 0.670. The summed E-state index contributed by atoms with van der Waals surface area (Å²) in [6.45, 7) is 0. The molecule has 0 unspecified atom stereocenters. The summed E-state index contributed by atoms with van der Waals surface area (Å²) in [7, 11) is 0. The van der Waals surface area contributed by atoms with E-state index in [2.05, 4.69) is 0 Å². The molecule has 0 aliphatic carbocycles. The molecule has 1 aromatic rings. The molecule has 0 aromatic heterocycles. The maximum Gasteiger partial charge on any atom is 0.406 e. The van der Waals surface area contributed by atoms with Crippen LogP contribution in [-0.4, -0.2) is 23.4 Å². The Morgan fingerprint density at radius 3 is 1.71 bits per heavy atom. The molecule has 9 heteroatoms. The third-order valence-electron chi connectivity index (χ3n) is 2.42. The Morgan fingerprint density at radius 1 is 0.952 bits per heavy atom. The molecule has 1 aromatic carbocycles. The molecule has 0 bridgehead atoms. The van der Waals surface area contributed by atoms with Crippen molar-refractivity contribution in [3.63, 3.8) is 0 Å². The molecular weight excluding hydrogens is 309 g/mol. The van der Waals surface area contributed by atoms with Crippen LogP contribution in [0.25, 0.3) is 5.57 Å². The fourth-order valence-corrected chi connectivity index (χ4v) is 1.59. The van der Waals surface area contributed by atoms with E-state index >= 15 is 0 Å².